The Hall–Kier alpha value is -2.18. The second-order valence-electron chi connectivity index (χ2n) is 8.02. The van der Waals surface area contributed by atoms with Gasteiger partial charge in [0.1, 0.15) is 11.4 Å². The van der Waals surface area contributed by atoms with E-state index in [2.05, 4.69) is 20.9 Å². The van der Waals surface area contributed by atoms with Crippen molar-refractivity contribution in [3.8, 4) is 0 Å². The van der Waals surface area contributed by atoms with Crippen molar-refractivity contribution in [2.24, 2.45) is 0 Å². The summed E-state index contributed by atoms with van der Waals surface area (Å²) in [5.74, 6) is -0.831. The zero-order chi connectivity index (χ0) is 23.1. The van der Waals surface area contributed by atoms with Gasteiger partial charge >= 0.3 is 5.97 Å². The van der Waals surface area contributed by atoms with E-state index in [0.29, 0.717) is 32.2 Å². The Kier molecular flexibility index (Phi) is 8.88. The number of likely N-dealkylation sites (tertiary alicyclic amines) is 1. The van der Waals surface area contributed by atoms with Crippen LogP contribution in [0.2, 0.25) is 5.02 Å². The number of carbonyl (C=O) groups excluding carboxylic acids is 2. The van der Waals surface area contributed by atoms with Gasteiger partial charge in [-0.15, -0.1) is 0 Å². The number of halogens is 1. The molecule has 12 heteroatoms. The van der Waals surface area contributed by atoms with E-state index in [1.165, 1.54) is 6.07 Å². The van der Waals surface area contributed by atoms with E-state index in [1.54, 1.807) is 7.11 Å². The first-order chi connectivity index (χ1) is 15.4. The number of amides is 1. The van der Waals surface area contributed by atoms with Crippen molar-refractivity contribution in [1.82, 2.24) is 25.8 Å². The van der Waals surface area contributed by atoms with Gasteiger partial charge in [0.05, 0.1) is 30.3 Å². The molecule has 178 valence electrons. The number of H-pyrrole nitrogens is 1. The highest BCUT2D eigenvalue weighted by Gasteiger charge is 2.32. The average Bonchev–Trinajstić information content (AvgIpc) is 2.78. The third-order valence-electron chi connectivity index (χ3n) is 5.74. The fraction of sp³-hybridized carbons (Fsp3) is 0.650. The van der Waals surface area contributed by atoms with Gasteiger partial charge in [0.2, 0.25) is 0 Å². The van der Waals surface area contributed by atoms with Crippen LogP contribution >= 0.6 is 11.6 Å². The summed E-state index contributed by atoms with van der Waals surface area (Å²) in [6.07, 6.45) is 0.971. The van der Waals surface area contributed by atoms with E-state index >= 15 is 0 Å². The minimum absolute atomic E-state index is 0.00912. The molecule has 1 amide bonds. The minimum atomic E-state index is -0.613. The first kappa shape index (κ1) is 24.5. The molecule has 0 bridgehead atoms. The normalized spacial score (nSPS) is 24.1. The number of anilines is 1. The Labute approximate surface area is 191 Å². The van der Waals surface area contributed by atoms with Crippen LogP contribution in [0.25, 0.3) is 0 Å². The molecule has 1 unspecified atom stereocenters. The van der Waals surface area contributed by atoms with Crippen molar-refractivity contribution in [2.75, 3.05) is 58.7 Å². The Morgan fingerprint density at radius 1 is 1.38 bits per heavy atom. The number of pyridine rings is 1. The number of esters is 1. The molecule has 3 atom stereocenters. The summed E-state index contributed by atoms with van der Waals surface area (Å²) in [6.45, 7) is 4.30. The summed E-state index contributed by atoms with van der Waals surface area (Å²) in [5.41, 5.74) is 4.82. The summed E-state index contributed by atoms with van der Waals surface area (Å²) < 4.78 is 10.9. The molecule has 0 spiro atoms. The SMILES string of the molecule is CO[C@H]1CN(CC(=O)OCCC2CNCCN2)CC[C@H]1NC(=O)c1cc(Cl)c(N)[nH]c1=O. The molecule has 0 aromatic carbocycles. The van der Waals surface area contributed by atoms with Crippen molar-refractivity contribution in [3.05, 3.63) is 27.0 Å². The maximum absolute atomic E-state index is 12.6. The van der Waals surface area contributed by atoms with E-state index in [4.69, 9.17) is 26.8 Å². The van der Waals surface area contributed by atoms with Gasteiger partial charge in [0.25, 0.3) is 11.5 Å². The third kappa shape index (κ3) is 6.66. The molecule has 2 saturated heterocycles. The number of piperidine rings is 1. The average molecular weight is 471 g/mol. The fourth-order valence-electron chi connectivity index (χ4n) is 3.92. The van der Waals surface area contributed by atoms with Crippen LogP contribution in [0.3, 0.4) is 0 Å². The predicted molar refractivity (Wildman–Crippen MR) is 120 cm³/mol. The van der Waals surface area contributed by atoms with Gasteiger partial charge in [0.15, 0.2) is 0 Å². The standard InChI is InChI=1S/C20H31ClN6O5/c1-31-16-10-27(11-17(28)32-7-3-12-9-23-4-5-24-12)6-2-15(16)25-19(29)13-8-14(21)18(22)26-20(13)30/h8,12,15-16,23-24H,2-7,9-11H2,1H3,(H,25,29)(H3,22,26,30)/t12?,15-,16+/m1/s1. The number of nitrogen functional groups attached to an aromatic ring is 1. The number of carbonyl (C=O) groups is 2. The number of nitrogens with one attached hydrogen (secondary N) is 4. The molecule has 6 N–H and O–H groups in total. The second kappa shape index (κ2) is 11.6. The van der Waals surface area contributed by atoms with E-state index in [-0.39, 0.29) is 41.1 Å². The molecule has 2 aliphatic heterocycles. The van der Waals surface area contributed by atoms with Gasteiger partial charge in [-0.2, -0.15) is 0 Å². The fourth-order valence-corrected chi connectivity index (χ4v) is 4.08. The molecule has 32 heavy (non-hydrogen) atoms. The number of methoxy groups -OCH3 is 1. The van der Waals surface area contributed by atoms with Crippen molar-refractivity contribution < 1.29 is 19.1 Å². The summed E-state index contributed by atoms with van der Waals surface area (Å²) in [4.78, 5) is 41.1. The van der Waals surface area contributed by atoms with Crippen molar-refractivity contribution >= 4 is 29.3 Å². The molecule has 0 aliphatic carbocycles. The minimum Gasteiger partial charge on any atom is -0.465 e. The topological polar surface area (TPSA) is 151 Å². The zero-order valence-electron chi connectivity index (χ0n) is 18.1. The molecule has 2 aliphatic rings. The molecule has 11 nitrogen and oxygen atoms in total. The monoisotopic (exact) mass is 470 g/mol. The van der Waals surface area contributed by atoms with E-state index in [1.807, 2.05) is 4.90 Å². The third-order valence-corrected chi connectivity index (χ3v) is 6.05. The van der Waals surface area contributed by atoms with Gasteiger partial charge in [-0.25, -0.2) is 0 Å². The molecule has 1 aromatic rings. The van der Waals surface area contributed by atoms with E-state index in [9.17, 15) is 14.4 Å². The summed E-state index contributed by atoms with van der Waals surface area (Å²) >= 11 is 5.92. The first-order valence-electron chi connectivity index (χ1n) is 10.7. The van der Waals surface area contributed by atoms with Crippen LogP contribution in [0.1, 0.15) is 23.2 Å². The lowest BCUT2D eigenvalue weighted by atomic mass is 10.0. The zero-order valence-corrected chi connectivity index (χ0v) is 18.9. The van der Waals surface area contributed by atoms with Crippen LogP contribution in [-0.2, 0) is 14.3 Å². The quantitative estimate of drug-likeness (QED) is 0.299. The van der Waals surface area contributed by atoms with Crippen molar-refractivity contribution in [1.29, 1.82) is 0 Å². The van der Waals surface area contributed by atoms with Crippen molar-refractivity contribution in [2.45, 2.75) is 31.0 Å². The highest BCUT2D eigenvalue weighted by molar-refractivity contribution is 6.33. The van der Waals surface area contributed by atoms with E-state index < -0.39 is 11.5 Å². The predicted octanol–water partition coefficient (Wildman–Crippen LogP) is -1.08. The van der Waals surface area contributed by atoms with E-state index in [0.717, 1.165) is 26.1 Å². The number of rotatable bonds is 8. The van der Waals surface area contributed by atoms with Crippen LogP contribution in [0.4, 0.5) is 5.82 Å². The number of ether oxygens (including phenoxy) is 2. The molecule has 0 saturated carbocycles. The second-order valence-corrected chi connectivity index (χ2v) is 8.42. The highest BCUT2D eigenvalue weighted by Crippen LogP contribution is 2.17. The Bertz CT molecular complexity index is 859. The number of aromatic amines is 1. The number of nitrogens with zero attached hydrogens (tertiary/aromatic N) is 1. The number of nitrogens with two attached hydrogens (primary N) is 1. The Balaban J connectivity index is 1.46. The molecular weight excluding hydrogens is 440 g/mol. The van der Waals surface area contributed by atoms with Crippen LogP contribution in [0.15, 0.2) is 10.9 Å². The maximum atomic E-state index is 12.6. The first-order valence-corrected chi connectivity index (χ1v) is 11.1. The Morgan fingerprint density at radius 3 is 2.91 bits per heavy atom. The van der Waals surface area contributed by atoms with Gasteiger partial charge in [-0.3, -0.25) is 19.3 Å². The molecule has 2 fully saturated rings. The molecule has 3 rings (SSSR count). The van der Waals surface area contributed by atoms with Crippen LogP contribution in [-0.4, -0.2) is 92.9 Å². The molecular formula is C20H31ClN6O5. The number of aromatic nitrogens is 1. The molecule has 1 aromatic heterocycles. The van der Waals surface area contributed by atoms with Gasteiger partial charge in [-0.1, -0.05) is 11.6 Å². The van der Waals surface area contributed by atoms with Crippen LogP contribution in [0, 0.1) is 0 Å². The number of hydrogen-bond donors (Lipinski definition) is 5. The molecule has 3 heterocycles. The lowest BCUT2D eigenvalue weighted by Gasteiger charge is -2.37. The van der Waals surface area contributed by atoms with Crippen molar-refractivity contribution in [3.63, 3.8) is 0 Å². The highest BCUT2D eigenvalue weighted by atomic mass is 35.5. The number of hydrogen-bond acceptors (Lipinski definition) is 9. The lowest BCUT2D eigenvalue weighted by molar-refractivity contribution is -0.146. The maximum Gasteiger partial charge on any atom is 0.320 e. The summed E-state index contributed by atoms with van der Waals surface area (Å²) in [5, 5.41) is 9.61. The van der Waals surface area contributed by atoms with Gasteiger partial charge < -0.3 is 36.1 Å². The molecule has 0 radical (unpaired) electrons. The largest absolute Gasteiger partial charge is 0.465 e. The van der Waals surface area contributed by atoms with Crippen LogP contribution in [0.5, 0.6) is 0 Å². The Morgan fingerprint density at radius 2 is 2.19 bits per heavy atom. The lowest BCUT2D eigenvalue weighted by Crippen LogP contribution is -2.56. The van der Waals surface area contributed by atoms with Gasteiger partial charge in [-0.05, 0) is 18.9 Å². The summed E-state index contributed by atoms with van der Waals surface area (Å²) in [7, 11) is 1.55. The smallest absolute Gasteiger partial charge is 0.320 e. The van der Waals surface area contributed by atoms with Crippen LogP contribution < -0.4 is 27.2 Å². The number of piperazine rings is 1. The summed E-state index contributed by atoms with van der Waals surface area (Å²) in [6, 6.07) is 1.24. The van der Waals surface area contributed by atoms with Gasteiger partial charge in [0, 0.05) is 45.9 Å².